The van der Waals surface area contributed by atoms with Crippen LogP contribution >= 0.6 is 0 Å². The number of hydrogen-bond donors (Lipinski definition) is 0. The van der Waals surface area contributed by atoms with Crippen LogP contribution in [0.15, 0.2) is 24.5 Å². The normalized spacial score (nSPS) is 35.2. The number of ether oxygens (including phenoxy) is 1. The van der Waals surface area contributed by atoms with Gasteiger partial charge in [0, 0.05) is 6.42 Å². The van der Waals surface area contributed by atoms with E-state index >= 15 is 0 Å². The van der Waals surface area contributed by atoms with Gasteiger partial charge in [-0.3, -0.25) is 0 Å². The Morgan fingerprint density at radius 1 is 1.50 bits per heavy atom. The maximum Gasteiger partial charge on any atom is 0.0985 e. The zero-order valence-electron chi connectivity index (χ0n) is 8.21. The molecule has 0 spiro atoms. The van der Waals surface area contributed by atoms with Crippen LogP contribution in [0, 0.1) is 11.8 Å². The van der Waals surface area contributed by atoms with Crippen molar-refractivity contribution in [1.29, 1.82) is 0 Å². The van der Waals surface area contributed by atoms with Crippen LogP contribution in [0.2, 0.25) is 0 Å². The lowest BCUT2D eigenvalue weighted by atomic mass is 9.88. The zero-order chi connectivity index (χ0) is 9.14. The molecule has 0 aromatic rings. The molecule has 0 amide bonds. The Labute approximate surface area is 75.1 Å². The van der Waals surface area contributed by atoms with Gasteiger partial charge in [0.2, 0.25) is 0 Å². The van der Waals surface area contributed by atoms with E-state index in [-0.39, 0.29) is 0 Å². The summed E-state index contributed by atoms with van der Waals surface area (Å²) in [5, 5.41) is 0. The molecule has 1 nitrogen and oxygen atoms in total. The fourth-order valence-electron chi connectivity index (χ4n) is 1.52. The van der Waals surface area contributed by atoms with E-state index in [9.17, 15) is 0 Å². The van der Waals surface area contributed by atoms with Crippen LogP contribution in [0.25, 0.3) is 0 Å². The predicted octanol–water partition coefficient (Wildman–Crippen LogP) is 3.14. The molecule has 0 fully saturated rings. The standard InChI is InChI=1S/C11H18O/c1-5-6-11-7-8(2)9(3)10(4)12-11/h5,7-10H,1,6H2,2-4H3/t8?,9-,10-/m1/s1. The Kier molecular flexibility index (Phi) is 2.96. The van der Waals surface area contributed by atoms with Crippen molar-refractivity contribution >= 4 is 0 Å². The average molecular weight is 166 g/mol. The molecule has 0 aromatic carbocycles. The van der Waals surface area contributed by atoms with Gasteiger partial charge >= 0.3 is 0 Å². The van der Waals surface area contributed by atoms with Crippen molar-refractivity contribution in [1.82, 2.24) is 0 Å². The number of hydrogen-bond acceptors (Lipinski definition) is 1. The highest BCUT2D eigenvalue weighted by Crippen LogP contribution is 2.28. The van der Waals surface area contributed by atoms with Gasteiger partial charge < -0.3 is 4.74 Å². The molecule has 1 unspecified atom stereocenters. The Hall–Kier alpha value is -0.720. The second-order valence-corrected chi connectivity index (χ2v) is 3.67. The molecule has 1 rings (SSSR count). The third-order valence-electron chi connectivity index (χ3n) is 2.70. The molecule has 0 N–H and O–H groups in total. The lowest BCUT2D eigenvalue weighted by molar-refractivity contribution is 0.0479. The van der Waals surface area contributed by atoms with Crippen LogP contribution in [-0.2, 0) is 4.74 Å². The first kappa shape index (κ1) is 9.37. The summed E-state index contributed by atoms with van der Waals surface area (Å²) in [4.78, 5) is 0. The van der Waals surface area contributed by atoms with E-state index in [0.717, 1.165) is 12.2 Å². The fourth-order valence-corrected chi connectivity index (χ4v) is 1.52. The first-order valence-electron chi connectivity index (χ1n) is 4.63. The van der Waals surface area contributed by atoms with Gasteiger partial charge in [-0.2, -0.15) is 0 Å². The van der Waals surface area contributed by atoms with Crippen LogP contribution in [0.1, 0.15) is 27.2 Å². The maximum atomic E-state index is 5.70. The Morgan fingerprint density at radius 3 is 2.67 bits per heavy atom. The molecule has 0 saturated heterocycles. The predicted molar refractivity (Wildman–Crippen MR) is 51.8 cm³/mol. The summed E-state index contributed by atoms with van der Waals surface area (Å²) in [6.07, 6.45) is 5.31. The second kappa shape index (κ2) is 3.79. The van der Waals surface area contributed by atoms with Crippen molar-refractivity contribution in [3.8, 4) is 0 Å². The molecule has 0 bridgehead atoms. The monoisotopic (exact) mass is 166 g/mol. The largest absolute Gasteiger partial charge is 0.495 e. The van der Waals surface area contributed by atoms with Gasteiger partial charge in [0.25, 0.3) is 0 Å². The third kappa shape index (κ3) is 1.90. The summed E-state index contributed by atoms with van der Waals surface area (Å²) < 4.78 is 5.70. The van der Waals surface area contributed by atoms with E-state index in [4.69, 9.17) is 4.74 Å². The summed E-state index contributed by atoms with van der Waals surface area (Å²) in [5.74, 6) is 2.34. The minimum absolute atomic E-state index is 0.347. The molecule has 12 heavy (non-hydrogen) atoms. The van der Waals surface area contributed by atoms with E-state index in [0.29, 0.717) is 17.9 Å². The molecule has 1 heterocycles. The minimum Gasteiger partial charge on any atom is -0.495 e. The van der Waals surface area contributed by atoms with Crippen LogP contribution in [-0.4, -0.2) is 6.10 Å². The van der Waals surface area contributed by atoms with E-state index < -0.39 is 0 Å². The SMILES string of the molecule is C=CCC1=CC(C)[C@@H](C)[C@@H](C)O1. The summed E-state index contributed by atoms with van der Waals surface area (Å²) in [7, 11) is 0. The summed E-state index contributed by atoms with van der Waals surface area (Å²) in [6.45, 7) is 10.3. The molecule has 1 heteroatoms. The zero-order valence-corrected chi connectivity index (χ0v) is 8.21. The van der Waals surface area contributed by atoms with Gasteiger partial charge in [-0.05, 0) is 24.8 Å². The number of allylic oxidation sites excluding steroid dienone is 2. The van der Waals surface area contributed by atoms with E-state index in [2.05, 4.69) is 33.4 Å². The van der Waals surface area contributed by atoms with Gasteiger partial charge in [-0.25, -0.2) is 0 Å². The molecule has 68 valence electrons. The van der Waals surface area contributed by atoms with Crippen molar-refractivity contribution in [2.24, 2.45) is 11.8 Å². The van der Waals surface area contributed by atoms with Gasteiger partial charge in [0.1, 0.15) is 0 Å². The van der Waals surface area contributed by atoms with Gasteiger partial charge in [-0.15, -0.1) is 6.58 Å². The summed E-state index contributed by atoms with van der Waals surface area (Å²) in [6, 6.07) is 0. The van der Waals surface area contributed by atoms with Crippen LogP contribution < -0.4 is 0 Å². The van der Waals surface area contributed by atoms with Crippen LogP contribution in [0.5, 0.6) is 0 Å². The first-order chi connectivity index (χ1) is 5.65. The van der Waals surface area contributed by atoms with Crippen LogP contribution in [0.4, 0.5) is 0 Å². The lowest BCUT2D eigenvalue weighted by Crippen LogP contribution is -2.27. The van der Waals surface area contributed by atoms with Gasteiger partial charge in [0.15, 0.2) is 0 Å². The quantitative estimate of drug-likeness (QED) is 0.573. The first-order valence-corrected chi connectivity index (χ1v) is 4.63. The molecule has 0 aromatic heterocycles. The Balaban J connectivity index is 2.67. The molecule has 1 aliphatic rings. The average Bonchev–Trinajstić information content (AvgIpc) is 2.01. The molecular weight excluding hydrogens is 148 g/mol. The molecule has 0 radical (unpaired) electrons. The van der Waals surface area contributed by atoms with Gasteiger partial charge in [-0.1, -0.05) is 19.9 Å². The Bertz CT molecular complexity index is 193. The van der Waals surface area contributed by atoms with Crippen molar-refractivity contribution in [3.63, 3.8) is 0 Å². The van der Waals surface area contributed by atoms with Crippen molar-refractivity contribution in [2.75, 3.05) is 0 Å². The maximum absolute atomic E-state index is 5.70. The second-order valence-electron chi connectivity index (χ2n) is 3.67. The molecule has 0 aliphatic carbocycles. The number of rotatable bonds is 2. The highest BCUT2D eigenvalue weighted by atomic mass is 16.5. The molecule has 1 aliphatic heterocycles. The smallest absolute Gasteiger partial charge is 0.0985 e. The molecule has 0 saturated carbocycles. The minimum atomic E-state index is 0.347. The Morgan fingerprint density at radius 2 is 2.17 bits per heavy atom. The molecule has 3 atom stereocenters. The van der Waals surface area contributed by atoms with Crippen molar-refractivity contribution in [3.05, 3.63) is 24.5 Å². The summed E-state index contributed by atoms with van der Waals surface area (Å²) in [5.41, 5.74) is 0. The summed E-state index contributed by atoms with van der Waals surface area (Å²) >= 11 is 0. The lowest BCUT2D eigenvalue weighted by Gasteiger charge is -2.31. The molecular formula is C11H18O. The van der Waals surface area contributed by atoms with E-state index in [1.165, 1.54) is 0 Å². The van der Waals surface area contributed by atoms with Crippen LogP contribution in [0.3, 0.4) is 0 Å². The highest BCUT2D eigenvalue weighted by Gasteiger charge is 2.24. The highest BCUT2D eigenvalue weighted by molar-refractivity contribution is 5.05. The van der Waals surface area contributed by atoms with E-state index in [1.54, 1.807) is 0 Å². The van der Waals surface area contributed by atoms with Crippen molar-refractivity contribution < 1.29 is 4.74 Å². The third-order valence-corrected chi connectivity index (χ3v) is 2.70. The topological polar surface area (TPSA) is 9.23 Å². The fraction of sp³-hybridized carbons (Fsp3) is 0.636. The van der Waals surface area contributed by atoms with Gasteiger partial charge in [0.05, 0.1) is 11.9 Å². The van der Waals surface area contributed by atoms with Crippen molar-refractivity contribution in [2.45, 2.75) is 33.3 Å². The van der Waals surface area contributed by atoms with E-state index in [1.807, 2.05) is 6.08 Å².